The van der Waals surface area contributed by atoms with E-state index in [0.717, 1.165) is 17.5 Å². The summed E-state index contributed by atoms with van der Waals surface area (Å²) in [4.78, 5) is 0. The first-order valence-corrected chi connectivity index (χ1v) is 5.18. The van der Waals surface area contributed by atoms with Crippen LogP contribution in [0.2, 0.25) is 0 Å². The van der Waals surface area contributed by atoms with Crippen LogP contribution in [-0.4, -0.2) is 12.4 Å². The van der Waals surface area contributed by atoms with E-state index in [1.54, 1.807) is 7.11 Å². The Kier molecular flexibility index (Phi) is 4.15. The van der Waals surface area contributed by atoms with Crippen molar-refractivity contribution in [2.45, 2.75) is 12.8 Å². The first kappa shape index (κ1) is 9.59. The van der Waals surface area contributed by atoms with E-state index >= 15 is 0 Å². The number of halogens is 1. The van der Waals surface area contributed by atoms with Gasteiger partial charge in [-0.25, -0.2) is 0 Å². The molecular weight excluding hydrogens is 216 g/mol. The van der Waals surface area contributed by atoms with Crippen molar-refractivity contribution < 1.29 is 4.74 Å². The number of ether oxygens (including phenoxy) is 1. The van der Waals surface area contributed by atoms with Crippen LogP contribution in [0.15, 0.2) is 24.3 Å². The highest BCUT2D eigenvalue weighted by Gasteiger charge is 1.94. The summed E-state index contributed by atoms with van der Waals surface area (Å²) in [7, 11) is 1.70. The van der Waals surface area contributed by atoms with Gasteiger partial charge >= 0.3 is 0 Å². The molecule has 12 heavy (non-hydrogen) atoms. The zero-order valence-corrected chi connectivity index (χ0v) is 8.80. The first-order chi connectivity index (χ1) is 5.86. The normalized spacial score (nSPS) is 9.83. The molecule has 0 amide bonds. The summed E-state index contributed by atoms with van der Waals surface area (Å²) in [6, 6.07) is 8.22. The Labute approximate surface area is 81.9 Å². The lowest BCUT2D eigenvalue weighted by Gasteiger charge is -2.02. The van der Waals surface area contributed by atoms with E-state index in [2.05, 4.69) is 28.1 Å². The summed E-state index contributed by atoms with van der Waals surface area (Å²) >= 11 is 3.41. The van der Waals surface area contributed by atoms with Crippen LogP contribution in [-0.2, 0) is 6.42 Å². The zero-order valence-electron chi connectivity index (χ0n) is 7.22. The molecule has 0 aromatic heterocycles. The Balaban J connectivity index is 2.60. The molecule has 1 nitrogen and oxygen atoms in total. The molecule has 1 rings (SSSR count). The maximum Gasteiger partial charge on any atom is 0.119 e. The van der Waals surface area contributed by atoms with Crippen LogP contribution < -0.4 is 4.74 Å². The third-order valence-corrected chi connectivity index (χ3v) is 2.29. The summed E-state index contributed by atoms with van der Waals surface area (Å²) in [5, 5.41) is 1.06. The molecule has 0 unspecified atom stereocenters. The van der Waals surface area contributed by atoms with Crippen LogP contribution in [0.25, 0.3) is 0 Å². The van der Waals surface area contributed by atoms with Gasteiger partial charge in [0.1, 0.15) is 5.75 Å². The summed E-state index contributed by atoms with van der Waals surface area (Å²) in [5.74, 6) is 0.946. The number of aryl methyl sites for hydroxylation is 1. The van der Waals surface area contributed by atoms with Crippen LogP contribution in [0.3, 0.4) is 0 Å². The molecule has 0 atom stereocenters. The molecule has 1 aromatic rings. The average Bonchev–Trinajstić information content (AvgIpc) is 2.15. The SMILES string of the molecule is COc1cccc(CCCBr)c1. The van der Waals surface area contributed by atoms with E-state index in [9.17, 15) is 0 Å². The molecule has 1 aromatic carbocycles. The van der Waals surface area contributed by atoms with Crippen molar-refractivity contribution in [3.63, 3.8) is 0 Å². The number of rotatable bonds is 4. The summed E-state index contributed by atoms with van der Waals surface area (Å²) < 4.78 is 5.12. The number of hydrogen-bond acceptors (Lipinski definition) is 1. The maximum atomic E-state index is 5.12. The molecule has 0 fully saturated rings. The predicted molar refractivity (Wildman–Crippen MR) is 55.1 cm³/mol. The van der Waals surface area contributed by atoms with Gasteiger partial charge in [0.05, 0.1) is 7.11 Å². The van der Waals surface area contributed by atoms with Gasteiger partial charge in [-0.15, -0.1) is 0 Å². The van der Waals surface area contributed by atoms with E-state index in [1.807, 2.05) is 12.1 Å². The minimum Gasteiger partial charge on any atom is -0.497 e. The minimum atomic E-state index is 0.946. The fraction of sp³-hybridized carbons (Fsp3) is 0.400. The van der Waals surface area contributed by atoms with Gasteiger partial charge in [-0.1, -0.05) is 28.1 Å². The molecule has 0 saturated carbocycles. The molecular formula is C10H13BrO. The van der Waals surface area contributed by atoms with Crippen molar-refractivity contribution in [1.82, 2.24) is 0 Å². The Morgan fingerprint density at radius 2 is 2.25 bits per heavy atom. The molecule has 0 bridgehead atoms. The fourth-order valence-electron chi connectivity index (χ4n) is 1.10. The molecule has 0 aliphatic rings. The van der Waals surface area contributed by atoms with Gasteiger partial charge in [0.2, 0.25) is 0 Å². The van der Waals surface area contributed by atoms with Crippen molar-refractivity contribution in [2.75, 3.05) is 12.4 Å². The van der Waals surface area contributed by atoms with Gasteiger partial charge in [0, 0.05) is 5.33 Å². The topological polar surface area (TPSA) is 9.23 Å². The lowest BCUT2D eigenvalue weighted by molar-refractivity contribution is 0.414. The Bertz CT molecular complexity index is 235. The van der Waals surface area contributed by atoms with Crippen molar-refractivity contribution >= 4 is 15.9 Å². The lowest BCUT2D eigenvalue weighted by Crippen LogP contribution is -1.88. The van der Waals surface area contributed by atoms with E-state index in [4.69, 9.17) is 4.74 Å². The highest BCUT2D eigenvalue weighted by molar-refractivity contribution is 9.09. The standard InChI is InChI=1S/C10H13BrO/c1-12-10-6-2-4-9(8-10)5-3-7-11/h2,4,6,8H,3,5,7H2,1H3. The molecule has 0 aliphatic carbocycles. The Morgan fingerprint density at radius 1 is 1.42 bits per heavy atom. The summed E-state index contributed by atoms with van der Waals surface area (Å²) in [6.07, 6.45) is 2.29. The van der Waals surface area contributed by atoms with Crippen molar-refractivity contribution in [3.05, 3.63) is 29.8 Å². The van der Waals surface area contributed by atoms with Crippen LogP contribution >= 0.6 is 15.9 Å². The predicted octanol–water partition coefficient (Wildman–Crippen LogP) is 3.02. The Hall–Kier alpha value is -0.500. The monoisotopic (exact) mass is 228 g/mol. The second kappa shape index (κ2) is 5.20. The molecule has 0 aliphatic heterocycles. The second-order valence-electron chi connectivity index (χ2n) is 2.64. The van der Waals surface area contributed by atoms with Crippen LogP contribution in [0, 0.1) is 0 Å². The third kappa shape index (κ3) is 2.86. The maximum absolute atomic E-state index is 5.12. The second-order valence-corrected chi connectivity index (χ2v) is 3.44. The van der Waals surface area contributed by atoms with Gasteiger partial charge in [-0.05, 0) is 30.5 Å². The van der Waals surface area contributed by atoms with E-state index < -0.39 is 0 Å². The molecule has 2 heteroatoms. The average molecular weight is 229 g/mol. The first-order valence-electron chi connectivity index (χ1n) is 4.05. The smallest absolute Gasteiger partial charge is 0.119 e. The quantitative estimate of drug-likeness (QED) is 0.721. The number of alkyl halides is 1. The summed E-state index contributed by atoms with van der Waals surface area (Å²) in [5.41, 5.74) is 1.34. The van der Waals surface area contributed by atoms with Crippen LogP contribution in [0.4, 0.5) is 0 Å². The third-order valence-electron chi connectivity index (χ3n) is 1.73. The fourth-order valence-corrected chi connectivity index (χ4v) is 1.38. The van der Waals surface area contributed by atoms with E-state index in [0.29, 0.717) is 0 Å². The molecule has 66 valence electrons. The van der Waals surface area contributed by atoms with Gasteiger partial charge in [0.25, 0.3) is 0 Å². The molecule has 0 radical (unpaired) electrons. The molecule has 0 heterocycles. The molecule has 0 saturated heterocycles. The number of benzene rings is 1. The molecule has 0 spiro atoms. The zero-order chi connectivity index (χ0) is 8.81. The van der Waals surface area contributed by atoms with Gasteiger partial charge in [-0.2, -0.15) is 0 Å². The van der Waals surface area contributed by atoms with Crippen molar-refractivity contribution in [3.8, 4) is 5.75 Å². The van der Waals surface area contributed by atoms with Crippen LogP contribution in [0.1, 0.15) is 12.0 Å². The van der Waals surface area contributed by atoms with Crippen molar-refractivity contribution in [1.29, 1.82) is 0 Å². The van der Waals surface area contributed by atoms with E-state index in [1.165, 1.54) is 12.0 Å². The largest absolute Gasteiger partial charge is 0.497 e. The molecule has 0 N–H and O–H groups in total. The van der Waals surface area contributed by atoms with Gasteiger partial charge in [0.15, 0.2) is 0 Å². The van der Waals surface area contributed by atoms with Gasteiger partial charge in [-0.3, -0.25) is 0 Å². The highest BCUT2D eigenvalue weighted by Crippen LogP contribution is 2.13. The Morgan fingerprint density at radius 3 is 2.92 bits per heavy atom. The number of methoxy groups -OCH3 is 1. The minimum absolute atomic E-state index is 0.946. The highest BCUT2D eigenvalue weighted by atomic mass is 79.9. The summed E-state index contributed by atoms with van der Waals surface area (Å²) in [6.45, 7) is 0. The van der Waals surface area contributed by atoms with Crippen molar-refractivity contribution in [2.24, 2.45) is 0 Å². The lowest BCUT2D eigenvalue weighted by atomic mass is 10.1. The van der Waals surface area contributed by atoms with Gasteiger partial charge < -0.3 is 4.74 Å². The van der Waals surface area contributed by atoms with Crippen LogP contribution in [0.5, 0.6) is 5.75 Å². The van der Waals surface area contributed by atoms with E-state index in [-0.39, 0.29) is 0 Å². The number of hydrogen-bond donors (Lipinski definition) is 0.